The van der Waals surface area contributed by atoms with Gasteiger partial charge in [-0.2, -0.15) is 0 Å². The summed E-state index contributed by atoms with van der Waals surface area (Å²) in [7, 11) is 0. The summed E-state index contributed by atoms with van der Waals surface area (Å²) in [6.07, 6.45) is -0.747. The molecule has 3 N–H and O–H groups in total. The van der Waals surface area contributed by atoms with E-state index in [0.29, 0.717) is 0 Å². The summed E-state index contributed by atoms with van der Waals surface area (Å²) in [5.41, 5.74) is 3.50. The quantitative estimate of drug-likeness (QED) is 0.865. The summed E-state index contributed by atoms with van der Waals surface area (Å²) >= 11 is 0. The molecule has 2 atom stereocenters. The summed E-state index contributed by atoms with van der Waals surface area (Å²) in [4.78, 5) is 11.5. The maximum Gasteiger partial charge on any atom is 0.254 e. The van der Waals surface area contributed by atoms with E-state index in [1.807, 2.05) is 0 Å². The number of primary amides is 1. The van der Waals surface area contributed by atoms with Crippen molar-refractivity contribution in [2.24, 2.45) is 11.7 Å². The number of amides is 1. The maximum atomic E-state index is 13.2. The lowest BCUT2D eigenvalue weighted by molar-refractivity contribution is -0.145. The van der Waals surface area contributed by atoms with E-state index < -0.39 is 29.8 Å². The van der Waals surface area contributed by atoms with Gasteiger partial charge in [-0.1, -0.05) is 30.3 Å². The predicted octanol–water partition coefficient (Wildman–Crippen LogP) is 1.79. The van der Waals surface area contributed by atoms with Crippen LogP contribution in [0.3, 0.4) is 0 Å². The highest BCUT2D eigenvalue weighted by Crippen LogP contribution is 2.47. The maximum absolute atomic E-state index is 13.2. The Kier molecular flexibility index (Phi) is 3.11. The van der Waals surface area contributed by atoms with Crippen LogP contribution in [-0.4, -0.2) is 16.9 Å². The molecule has 1 aliphatic rings. The van der Waals surface area contributed by atoms with Crippen molar-refractivity contribution in [3.63, 3.8) is 0 Å². The number of carbonyl (C=O) groups excluding carboxylic acids is 1. The SMILES string of the molecule is NC(=O)C(O)(c1ccccc1)[C@@H]1CCC(F)(F)C1. The van der Waals surface area contributed by atoms with Gasteiger partial charge in [0.1, 0.15) is 0 Å². The Balaban J connectivity index is 2.37. The van der Waals surface area contributed by atoms with Gasteiger partial charge in [0.2, 0.25) is 5.92 Å². The molecule has 1 saturated carbocycles. The normalized spacial score (nSPS) is 25.6. The largest absolute Gasteiger partial charge is 0.375 e. The zero-order valence-corrected chi connectivity index (χ0v) is 9.77. The first-order chi connectivity index (χ1) is 8.36. The molecule has 98 valence electrons. The third-order valence-electron chi connectivity index (χ3n) is 3.58. The standard InChI is InChI=1S/C13H15F2NO2/c14-12(15)7-6-10(8-12)13(18,11(16)17)9-4-2-1-3-5-9/h1-5,10,18H,6-8H2,(H2,16,17)/t10-,13?/m1/s1. The smallest absolute Gasteiger partial charge is 0.254 e. The van der Waals surface area contributed by atoms with Crippen molar-refractivity contribution in [3.05, 3.63) is 35.9 Å². The van der Waals surface area contributed by atoms with Gasteiger partial charge in [0, 0.05) is 18.8 Å². The van der Waals surface area contributed by atoms with Gasteiger partial charge in [-0.15, -0.1) is 0 Å². The van der Waals surface area contributed by atoms with Crippen LogP contribution in [0, 0.1) is 5.92 Å². The van der Waals surface area contributed by atoms with E-state index in [0.717, 1.165) is 0 Å². The van der Waals surface area contributed by atoms with Crippen molar-refractivity contribution in [2.75, 3.05) is 0 Å². The highest BCUT2D eigenvalue weighted by molar-refractivity contribution is 5.85. The number of nitrogens with two attached hydrogens (primary N) is 1. The van der Waals surface area contributed by atoms with Crippen molar-refractivity contribution >= 4 is 5.91 Å². The van der Waals surface area contributed by atoms with Crippen LogP contribution in [0.15, 0.2) is 30.3 Å². The molecular formula is C13H15F2NO2. The first-order valence-electron chi connectivity index (χ1n) is 5.82. The first-order valence-corrected chi connectivity index (χ1v) is 5.82. The molecule has 0 bridgehead atoms. The molecule has 0 saturated heterocycles. The van der Waals surface area contributed by atoms with E-state index in [4.69, 9.17) is 5.73 Å². The Labute approximate surface area is 104 Å². The van der Waals surface area contributed by atoms with Crippen molar-refractivity contribution < 1.29 is 18.7 Å². The summed E-state index contributed by atoms with van der Waals surface area (Å²) < 4.78 is 26.5. The third-order valence-corrected chi connectivity index (χ3v) is 3.58. The molecule has 0 aromatic heterocycles. The zero-order chi connectivity index (χ0) is 13.4. The molecule has 1 aliphatic carbocycles. The number of carbonyl (C=O) groups is 1. The number of hydrogen-bond acceptors (Lipinski definition) is 2. The Morgan fingerprint density at radius 2 is 2.00 bits per heavy atom. The topological polar surface area (TPSA) is 63.3 Å². The van der Waals surface area contributed by atoms with Crippen LogP contribution < -0.4 is 5.73 Å². The van der Waals surface area contributed by atoms with Gasteiger partial charge in [0.25, 0.3) is 5.91 Å². The van der Waals surface area contributed by atoms with E-state index in [-0.39, 0.29) is 18.4 Å². The molecule has 0 radical (unpaired) electrons. The molecular weight excluding hydrogens is 240 g/mol. The lowest BCUT2D eigenvalue weighted by Crippen LogP contribution is -2.46. The van der Waals surface area contributed by atoms with E-state index in [9.17, 15) is 18.7 Å². The second-order valence-corrected chi connectivity index (χ2v) is 4.79. The van der Waals surface area contributed by atoms with Crippen LogP contribution in [-0.2, 0) is 10.4 Å². The fraction of sp³-hybridized carbons (Fsp3) is 0.462. The van der Waals surface area contributed by atoms with Crippen LogP contribution in [0.25, 0.3) is 0 Å². The molecule has 0 aliphatic heterocycles. The highest BCUT2D eigenvalue weighted by atomic mass is 19.3. The molecule has 5 heteroatoms. The molecule has 18 heavy (non-hydrogen) atoms. The Morgan fingerprint density at radius 3 is 2.44 bits per heavy atom. The van der Waals surface area contributed by atoms with Gasteiger partial charge < -0.3 is 10.8 Å². The van der Waals surface area contributed by atoms with Gasteiger partial charge in [0.15, 0.2) is 5.60 Å². The minimum absolute atomic E-state index is 0.0847. The van der Waals surface area contributed by atoms with Crippen LogP contribution in [0.4, 0.5) is 8.78 Å². The lowest BCUT2D eigenvalue weighted by Gasteiger charge is -2.31. The minimum Gasteiger partial charge on any atom is -0.375 e. The van der Waals surface area contributed by atoms with Gasteiger partial charge in [-0.3, -0.25) is 4.79 Å². The molecule has 1 amide bonds. The average Bonchev–Trinajstić information content (AvgIpc) is 2.70. The number of rotatable bonds is 3. The van der Waals surface area contributed by atoms with E-state index >= 15 is 0 Å². The zero-order valence-electron chi connectivity index (χ0n) is 9.77. The number of aliphatic hydroxyl groups is 1. The highest BCUT2D eigenvalue weighted by Gasteiger charge is 2.52. The minimum atomic E-state index is -2.83. The van der Waals surface area contributed by atoms with Crippen molar-refractivity contribution in [3.8, 4) is 0 Å². The fourth-order valence-corrected chi connectivity index (χ4v) is 2.58. The van der Waals surface area contributed by atoms with E-state index in [1.54, 1.807) is 18.2 Å². The second kappa shape index (κ2) is 4.31. The molecule has 0 heterocycles. The fourth-order valence-electron chi connectivity index (χ4n) is 2.58. The molecule has 2 rings (SSSR count). The lowest BCUT2D eigenvalue weighted by atomic mass is 9.79. The van der Waals surface area contributed by atoms with Gasteiger partial charge >= 0.3 is 0 Å². The van der Waals surface area contributed by atoms with Gasteiger partial charge in [0.05, 0.1) is 0 Å². The number of hydrogen-bond donors (Lipinski definition) is 2. The summed E-state index contributed by atoms with van der Waals surface area (Å²) in [5, 5.41) is 10.5. The van der Waals surface area contributed by atoms with E-state index in [1.165, 1.54) is 12.1 Å². The average molecular weight is 255 g/mol. The molecule has 1 unspecified atom stereocenters. The first kappa shape index (κ1) is 13.0. The molecule has 1 fully saturated rings. The molecule has 1 aromatic carbocycles. The number of halogens is 2. The summed E-state index contributed by atoms with van der Waals surface area (Å²) in [5.74, 6) is -4.65. The predicted molar refractivity (Wildman–Crippen MR) is 61.8 cm³/mol. The van der Waals surface area contributed by atoms with Crippen LogP contribution in [0.2, 0.25) is 0 Å². The van der Waals surface area contributed by atoms with Crippen LogP contribution in [0.5, 0.6) is 0 Å². The van der Waals surface area contributed by atoms with Crippen LogP contribution in [0.1, 0.15) is 24.8 Å². The Hall–Kier alpha value is -1.49. The monoisotopic (exact) mass is 255 g/mol. The molecule has 3 nitrogen and oxygen atoms in total. The van der Waals surface area contributed by atoms with Crippen molar-refractivity contribution in [1.29, 1.82) is 0 Å². The number of benzene rings is 1. The van der Waals surface area contributed by atoms with Crippen LogP contribution >= 0.6 is 0 Å². The van der Waals surface area contributed by atoms with Crippen molar-refractivity contribution in [2.45, 2.75) is 30.8 Å². The van der Waals surface area contributed by atoms with Gasteiger partial charge in [-0.05, 0) is 12.0 Å². The second-order valence-electron chi connectivity index (χ2n) is 4.79. The van der Waals surface area contributed by atoms with E-state index in [2.05, 4.69) is 0 Å². The summed E-state index contributed by atoms with van der Waals surface area (Å²) in [6.45, 7) is 0. The van der Waals surface area contributed by atoms with Crippen molar-refractivity contribution in [1.82, 2.24) is 0 Å². The third kappa shape index (κ3) is 2.10. The van der Waals surface area contributed by atoms with Gasteiger partial charge in [-0.25, -0.2) is 8.78 Å². The summed E-state index contributed by atoms with van der Waals surface area (Å²) in [6, 6.07) is 8.04. The molecule has 1 aromatic rings. The number of alkyl halides is 2. The Bertz CT molecular complexity index is 450. The molecule has 0 spiro atoms. The Morgan fingerprint density at radius 1 is 1.39 bits per heavy atom.